The van der Waals surface area contributed by atoms with E-state index in [1.165, 1.54) is 36.4 Å². The van der Waals surface area contributed by atoms with E-state index in [0.29, 0.717) is 12.1 Å². The normalized spacial score (nSPS) is 13.1. The maximum Gasteiger partial charge on any atom is 0.322 e. The van der Waals surface area contributed by atoms with Crippen LogP contribution in [0.2, 0.25) is 0 Å². The summed E-state index contributed by atoms with van der Waals surface area (Å²) in [4.78, 5) is 39.5. The van der Waals surface area contributed by atoms with Gasteiger partial charge in [-0.25, -0.2) is 9.50 Å². The van der Waals surface area contributed by atoms with Crippen LogP contribution in [-0.4, -0.2) is 38.1 Å². The second-order valence-electron chi connectivity index (χ2n) is 7.01. The number of carbonyl (C=O) groups is 2. The van der Waals surface area contributed by atoms with Crippen LogP contribution < -0.4 is 10.7 Å². The number of halogens is 1. The molecule has 0 spiro atoms. The number of H-pyrrole nitrogens is 1. The highest BCUT2D eigenvalue weighted by Gasteiger charge is 2.23. The van der Waals surface area contributed by atoms with Gasteiger partial charge < -0.3 is 10.4 Å². The number of nitrogens with zero attached hydrogens (tertiary/aromatic N) is 2. The summed E-state index contributed by atoms with van der Waals surface area (Å²) < 4.78 is 1.59. The zero-order valence-corrected chi connectivity index (χ0v) is 16.4. The summed E-state index contributed by atoms with van der Waals surface area (Å²) in [5, 5.41) is 13.8. The van der Waals surface area contributed by atoms with Gasteiger partial charge in [0.25, 0.3) is 5.91 Å². The Morgan fingerprint density at radius 1 is 1.21 bits per heavy atom. The van der Waals surface area contributed by atoms with E-state index in [0.717, 1.165) is 12.3 Å². The van der Waals surface area contributed by atoms with Crippen LogP contribution in [0.15, 0.2) is 41.5 Å². The smallest absolute Gasteiger partial charge is 0.322 e. The van der Waals surface area contributed by atoms with Crippen molar-refractivity contribution in [3.05, 3.63) is 69.3 Å². The number of hydrogen-bond donors (Lipinski definition) is 3. The van der Waals surface area contributed by atoms with Gasteiger partial charge in [0.1, 0.15) is 18.4 Å². The fourth-order valence-corrected chi connectivity index (χ4v) is 3.35. The van der Waals surface area contributed by atoms with Crippen molar-refractivity contribution in [2.75, 3.05) is 6.54 Å². The average molecular weight is 417 g/mol. The van der Waals surface area contributed by atoms with Crippen molar-refractivity contribution in [2.45, 2.75) is 31.6 Å². The van der Waals surface area contributed by atoms with Crippen LogP contribution >= 0.6 is 12.4 Å². The lowest BCUT2D eigenvalue weighted by Crippen LogP contribution is -2.33. The number of amides is 1. The van der Waals surface area contributed by atoms with E-state index in [1.807, 2.05) is 0 Å². The van der Waals surface area contributed by atoms with Crippen molar-refractivity contribution in [2.24, 2.45) is 0 Å². The molecule has 0 radical (unpaired) electrons. The van der Waals surface area contributed by atoms with Gasteiger partial charge in [0, 0.05) is 11.8 Å². The summed E-state index contributed by atoms with van der Waals surface area (Å²) in [6.07, 6.45) is 5.28. The Hall–Kier alpha value is -3.13. The first kappa shape index (κ1) is 20.6. The fraction of sp³-hybridized carbons (Fsp3) is 0.300. The van der Waals surface area contributed by atoms with Crippen LogP contribution in [-0.2, 0) is 17.6 Å². The molecule has 1 aliphatic carbocycles. The Balaban J connectivity index is 0.00000240. The molecule has 2 heterocycles. The van der Waals surface area contributed by atoms with Gasteiger partial charge in [-0.2, -0.15) is 0 Å². The quantitative estimate of drug-likeness (QED) is 0.544. The molecule has 2 aromatic heterocycles. The lowest BCUT2D eigenvalue weighted by Gasteiger charge is -2.09. The van der Waals surface area contributed by atoms with Crippen LogP contribution in [0.5, 0.6) is 0 Å². The number of carbonyl (C=O) groups excluding carboxylic acids is 1. The topological polar surface area (TPSA) is 117 Å². The number of rotatable bonds is 7. The number of nitrogens with one attached hydrogen (secondary N) is 2. The first-order valence-corrected chi connectivity index (χ1v) is 9.20. The first-order chi connectivity index (χ1) is 13.5. The number of aryl methyl sites for hydroxylation is 2. The van der Waals surface area contributed by atoms with Crippen LogP contribution in [0.1, 0.15) is 45.9 Å². The molecule has 0 aliphatic heterocycles. The molecular formula is C20H21ClN4O4. The van der Waals surface area contributed by atoms with Crippen LogP contribution in [0.4, 0.5) is 0 Å². The lowest BCUT2D eigenvalue weighted by atomic mass is 10.0. The van der Waals surface area contributed by atoms with Gasteiger partial charge in [-0.15, -0.1) is 12.4 Å². The van der Waals surface area contributed by atoms with E-state index in [4.69, 9.17) is 5.11 Å². The maximum absolute atomic E-state index is 12.5. The molecule has 1 fully saturated rings. The third-order valence-electron chi connectivity index (χ3n) is 4.97. The van der Waals surface area contributed by atoms with E-state index in [-0.39, 0.29) is 23.6 Å². The molecule has 1 aromatic carbocycles. The minimum atomic E-state index is -1.18. The van der Waals surface area contributed by atoms with Crippen molar-refractivity contribution in [3.63, 3.8) is 0 Å². The van der Waals surface area contributed by atoms with Gasteiger partial charge in [0.15, 0.2) is 11.1 Å². The Bertz CT molecular complexity index is 1100. The summed E-state index contributed by atoms with van der Waals surface area (Å²) in [7, 11) is 0. The fourth-order valence-electron chi connectivity index (χ4n) is 3.35. The minimum absolute atomic E-state index is 0. The second-order valence-corrected chi connectivity index (χ2v) is 7.01. The van der Waals surface area contributed by atoms with Gasteiger partial charge in [0.2, 0.25) is 0 Å². The number of carboxylic acids is 1. The first-order valence-electron chi connectivity index (χ1n) is 9.20. The molecule has 3 N–H and O–H groups in total. The highest BCUT2D eigenvalue weighted by Crippen LogP contribution is 2.39. The van der Waals surface area contributed by atoms with Crippen molar-refractivity contribution in [1.29, 1.82) is 0 Å². The average Bonchev–Trinajstić information content (AvgIpc) is 3.42. The molecule has 1 saturated carbocycles. The summed E-state index contributed by atoms with van der Waals surface area (Å²) in [5.41, 5.74) is 2.81. The lowest BCUT2D eigenvalue weighted by molar-refractivity contribution is -0.135. The number of carboxylic acid groups (broad SMARTS) is 1. The third-order valence-corrected chi connectivity index (χ3v) is 4.97. The molecule has 152 valence electrons. The van der Waals surface area contributed by atoms with Crippen LogP contribution in [0.25, 0.3) is 5.65 Å². The zero-order chi connectivity index (χ0) is 19.7. The molecule has 0 saturated heterocycles. The Morgan fingerprint density at radius 2 is 1.93 bits per heavy atom. The summed E-state index contributed by atoms with van der Waals surface area (Å²) in [5.74, 6) is -1.22. The van der Waals surface area contributed by atoms with E-state index in [9.17, 15) is 14.4 Å². The van der Waals surface area contributed by atoms with E-state index >= 15 is 0 Å². The predicted octanol–water partition coefficient (Wildman–Crippen LogP) is 1.92. The van der Waals surface area contributed by atoms with Gasteiger partial charge >= 0.3 is 5.97 Å². The summed E-state index contributed by atoms with van der Waals surface area (Å²) in [6, 6.07) is 9.98. The standard InChI is InChI=1S/C20H20N4O4.ClH/c25-16-9-15(8-3-12-1-4-13(5-2-12)14-6-7-14)24-19(22-11-23-24)18(16)20(28)21-10-17(26)27;/h1-2,4-5,9,11,14H,3,6-8,10H2,(H,21,28)(H,22,23)(H,26,27);1H. The number of aromatic nitrogens is 3. The van der Waals surface area contributed by atoms with Gasteiger partial charge in [0.05, 0.1) is 0 Å². The highest BCUT2D eigenvalue weighted by atomic mass is 35.5. The largest absolute Gasteiger partial charge is 0.480 e. The van der Waals surface area contributed by atoms with Gasteiger partial charge in [-0.3, -0.25) is 19.5 Å². The Kier molecular flexibility index (Phi) is 6.03. The molecule has 4 rings (SSSR count). The summed E-state index contributed by atoms with van der Waals surface area (Å²) in [6.45, 7) is -0.562. The van der Waals surface area contributed by atoms with Gasteiger partial charge in [-0.1, -0.05) is 24.3 Å². The van der Waals surface area contributed by atoms with Crippen LogP contribution in [0, 0.1) is 0 Å². The third kappa shape index (κ3) is 4.48. The van der Waals surface area contributed by atoms with E-state index in [1.54, 1.807) is 4.52 Å². The molecule has 1 aliphatic rings. The molecule has 0 bridgehead atoms. The van der Waals surface area contributed by atoms with Crippen LogP contribution in [0.3, 0.4) is 0 Å². The minimum Gasteiger partial charge on any atom is -0.480 e. The Morgan fingerprint density at radius 3 is 2.59 bits per heavy atom. The van der Waals surface area contributed by atoms with Crippen molar-refractivity contribution < 1.29 is 14.7 Å². The van der Waals surface area contributed by atoms with Crippen molar-refractivity contribution in [3.8, 4) is 0 Å². The number of fused-ring (bicyclic) bond motifs is 1. The number of aliphatic carboxylic acids is 1. The summed E-state index contributed by atoms with van der Waals surface area (Å²) >= 11 is 0. The Labute approximate surface area is 172 Å². The second kappa shape index (κ2) is 8.48. The van der Waals surface area contributed by atoms with E-state index < -0.39 is 23.9 Å². The SMILES string of the molecule is Cl.O=C(O)CNC(=O)c1c(=O)cc(CCc2ccc(C3CC3)cc2)n2[nH]cnc12. The molecule has 3 aromatic rings. The number of hydrogen-bond acceptors (Lipinski definition) is 4. The molecule has 0 atom stereocenters. The monoisotopic (exact) mass is 416 g/mol. The molecule has 1 amide bonds. The predicted molar refractivity (Wildman–Crippen MR) is 109 cm³/mol. The molecule has 29 heavy (non-hydrogen) atoms. The molecule has 9 heteroatoms. The number of benzene rings is 1. The zero-order valence-electron chi connectivity index (χ0n) is 15.6. The molecular weight excluding hydrogens is 396 g/mol. The number of aromatic amines is 1. The highest BCUT2D eigenvalue weighted by molar-refractivity contribution is 6.00. The molecule has 8 nitrogen and oxygen atoms in total. The van der Waals surface area contributed by atoms with Crippen molar-refractivity contribution in [1.82, 2.24) is 19.9 Å². The maximum atomic E-state index is 12.5. The van der Waals surface area contributed by atoms with E-state index in [2.05, 4.69) is 39.7 Å². The number of pyridine rings is 1. The van der Waals surface area contributed by atoms with Gasteiger partial charge in [-0.05, 0) is 42.7 Å². The van der Waals surface area contributed by atoms with Crippen molar-refractivity contribution >= 4 is 29.9 Å². The molecule has 0 unspecified atom stereocenters.